The molecule has 0 spiro atoms. The number of amides is 1. The monoisotopic (exact) mass is 413 g/mol. The van der Waals surface area contributed by atoms with Gasteiger partial charge >= 0.3 is 0 Å². The van der Waals surface area contributed by atoms with Gasteiger partial charge in [-0.05, 0) is 37.5 Å². The topological polar surface area (TPSA) is 132 Å². The number of nitro benzene ring substituents is 2. The fourth-order valence-corrected chi connectivity index (χ4v) is 3.52. The first-order valence-corrected chi connectivity index (χ1v) is 9.78. The summed E-state index contributed by atoms with van der Waals surface area (Å²) in [5, 5.41) is 25.1. The van der Waals surface area contributed by atoms with Gasteiger partial charge in [0, 0.05) is 38.0 Å². The summed E-state index contributed by atoms with van der Waals surface area (Å²) in [6.45, 7) is 3.36. The fourth-order valence-electron chi connectivity index (χ4n) is 3.52. The molecule has 30 heavy (non-hydrogen) atoms. The zero-order valence-corrected chi connectivity index (χ0v) is 16.7. The van der Waals surface area contributed by atoms with Crippen LogP contribution in [-0.4, -0.2) is 33.8 Å². The first-order valence-electron chi connectivity index (χ1n) is 9.78. The molecule has 0 radical (unpaired) electrons. The first-order chi connectivity index (χ1) is 14.4. The average molecular weight is 413 g/mol. The Labute approximate surface area is 173 Å². The number of nitro groups is 2. The molecule has 2 heterocycles. The van der Waals surface area contributed by atoms with E-state index in [0.29, 0.717) is 0 Å². The van der Waals surface area contributed by atoms with Crippen LogP contribution in [0, 0.1) is 27.2 Å². The molecule has 1 amide bonds. The molecule has 158 valence electrons. The highest BCUT2D eigenvalue weighted by molar-refractivity contribution is 5.96. The van der Waals surface area contributed by atoms with Crippen LogP contribution in [0.1, 0.15) is 47.2 Å². The number of pyridine rings is 1. The van der Waals surface area contributed by atoms with E-state index >= 15 is 0 Å². The van der Waals surface area contributed by atoms with Gasteiger partial charge in [0.2, 0.25) is 0 Å². The molecule has 1 N–H and O–H groups in total. The normalized spacial score (nSPS) is 14.1. The lowest BCUT2D eigenvalue weighted by Gasteiger charge is -2.21. The van der Waals surface area contributed by atoms with Gasteiger partial charge in [-0.2, -0.15) is 0 Å². The van der Waals surface area contributed by atoms with Crippen LogP contribution in [-0.2, 0) is 6.54 Å². The Bertz CT molecular complexity index is 935. The van der Waals surface area contributed by atoms with Crippen LogP contribution >= 0.6 is 0 Å². The van der Waals surface area contributed by atoms with Crippen molar-refractivity contribution in [2.24, 2.45) is 0 Å². The van der Waals surface area contributed by atoms with Gasteiger partial charge in [-0.25, -0.2) is 4.98 Å². The Morgan fingerprint density at radius 1 is 1.07 bits per heavy atom. The molecule has 10 nitrogen and oxygen atoms in total. The van der Waals surface area contributed by atoms with Crippen LogP contribution in [0.5, 0.6) is 0 Å². The van der Waals surface area contributed by atoms with Gasteiger partial charge in [0.1, 0.15) is 11.4 Å². The second kappa shape index (κ2) is 9.29. The van der Waals surface area contributed by atoms with Crippen molar-refractivity contribution in [1.82, 2.24) is 10.3 Å². The molecule has 2 aromatic rings. The quantitative estimate of drug-likeness (QED) is 0.566. The number of hydrogen-bond acceptors (Lipinski definition) is 7. The summed E-state index contributed by atoms with van der Waals surface area (Å²) in [4.78, 5) is 40.1. The van der Waals surface area contributed by atoms with Gasteiger partial charge in [-0.3, -0.25) is 25.0 Å². The molecule has 3 rings (SSSR count). The summed E-state index contributed by atoms with van der Waals surface area (Å²) in [5.74, 6) is 0.236. The van der Waals surface area contributed by atoms with E-state index in [-0.39, 0.29) is 17.7 Å². The molecule has 0 saturated carbocycles. The van der Waals surface area contributed by atoms with E-state index in [9.17, 15) is 25.0 Å². The number of anilines is 1. The van der Waals surface area contributed by atoms with E-state index < -0.39 is 27.1 Å². The van der Waals surface area contributed by atoms with Crippen LogP contribution in [0.25, 0.3) is 0 Å². The van der Waals surface area contributed by atoms with E-state index in [1.54, 1.807) is 12.3 Å². The maximum absolute atomic E-state index is 12.5. The molecule has 1 aromatic heterocycles. The molecule has 0 aliphatic carbocycles. The second-order valence-corrected chi connectivity index (χ2v) is 7.26. The zero-order chi connectivity index (χ0) is 21.7. The van der Waals surface area contributed by atoms with Crippen molar-refractivity contribution in [2.75, 3.05) is 18.0 Å². The van der Waals surface area contributed by atoms with Gasteiger partial charge in [0.05, 0.1) is 15.4 Å². The summed E-state index contributed by atoms with van der Waals surface area (Å²) in [7, 11) is 0. The van der Waals surface area contributed by atoms with Crippen molar-refractivity contribution >= 4 is 23.1 Å². The molecule has 1 aromatic carbocycles. The molecule has 1 aliphatic heterocycles. The van der Waals surface area contributed by atoms with Crippen LogP contribution < -0.4 is 10.2 Å². The number of carbonyl (C=O) groups is 1. The second-order valence-electron chi connectivity index (χ2n) is 7.26. The van der Waals surface area contributed by atoms with Crippen molar-refractivity contribution in [2.45, 2.75) is 39.2 Å². The van der Waals surface area contributed by atoms with Crippen LogP contribution in [0.15, 0.2) is 30.5 Å². The minimum absolute atomic E-state index is 0.0854. The Hall–Kier alpha value is -3.56. The van der Waals surface area contributed by atoms with E-state index in [2.05, 4.69) is 15.2 Å². The standard InChI is InChI=1S/C20H23N5O5/c1-14-17(24(27)28)11-16(12-18(14)25(29)30)20(26)22-13-15-6-7-21-19(10-15)23-8-4-2-3-5-9-23/h6-7,10-12H,2-5,8-9,13H2,1H3,(H,22,26). The molecule has 0 unspecified atom stereocenters. The summed E-state index contributed by atoms with van der Waals surface area (Å²) in [6.07, 6.45) is 6.34. The lowest BCUT2D eigenvalue weighted by atomic mass is 10.1. The third-order valence-electron chi connectivity index (χ3n) is 5.20. The number of benzene rings is 1. The number of nitrogens with zero attached hydrogens (tertiary/aromatic N) is 4. The Balaban J connectivity index is 1.75. The minimum Gasteiger partial charge on any atom is -0.357 e. The van der Waals surface area contributed by atoms with E-state index in [4.69, 9.17) is 0 Å². The van der Waals surface area contributed by atoms with Crippen LogP contribution in [0.4, 0.5) is 17.2 Å². The smallest absolute Gasteiger partial charge is 0.279 e. The third kappa shape index (κ3) is 4.88. The largest absolute Gasteiger partial charge is 0.357 e. The van der Waals surface area contributed by atoms with E-state index in [0.717, 1.165) is 49.4 Å². The predicted molar refractivity (Wildman–Crippen MR) is 111 cm³/mol. The Kier molecular flexibility index (Phi) is 6.55. The lowest BCUT2D eigenvalue weighted by Crippen LogP contribution is -2.26. The van der Waals surface area contributed by atoms with Gasteiger partial charge in [-0.1, -0.05) is 12.8 Å². The number of hydrogen-bond donors (Lipinski definition) is 1. The van der Waals surface area contributed by atoms with Crippen LogP contribution in [0.2, 0.25) is 0 Å². The van der Waals surface area contributed by atoms with Gasteiger partial charge in [0.25, 0.3) is 17.3 Å². The molecule has 0 bridgehead atoms. The highest BCUT2D eigenvalue weighted by atomic mass is 16.6. The number of aromatic nitrogens is 1. The first kappa shape index (κ1) is 21.2. The molecule has 1 aliphatic rings. The van der Waals surface area contributed by atoms with Gasteiger partial charge < -0.3 is 10.2 Å². The van der Waals surface area contributed by atoms with Crippen molar-refractivity contribution in [3.63, 3.8) is 0 Å². The maximum atomic E-state index is 12.5. The summed E-state index contributed by atoms with van der Waals surface area (Å²) in [6, 6.07) is 5.81. The fraction of sp³-hybridized carbons (Fsp3) is 0.400. The summed E-state index contributed by atoms with van der Waals surface area (Å²) in [5.41, 5.74) is -0.296. The van der Waals surface area contributed by atoms with E-state index in [1.165, 1.54) is 19.8 Å². The molecule has 1 fully saturated rings. The third-order valence-corrected chi connectivity index (χ3v) is 5.20. The van der Waals surface area contributed by atoms with E-state index in [1.807, 2.05) is 6.07 Å². The highest BCUT2D eigenvalue weighted by Crippen LogP contribution is 2.29. The zero-order valence-electron chi connectivity index (χ0n) is 16.7. The Morgan fingerprint density at radius 3 is 2.23 bits per heavy atom. The maximum Gasteiger partial charge on any atom is 0.279 e. The van der Waals surface area contributed by atoms with Crippen LogP contribution in [0.3, 0.4) is 0 Å². The molecule has 1 saturated heterocycles. The molecule has 10 heteroatoms. The summed E-state index contributed by atoms with van der Waals surface area (Å²) < 4.78 is 0. The van der Waals surface area contributed by atoms with Crippen molar-refractivity contribution in [1.29, 1.82) is 0 Å². The lowest BCUT2D eigenvalue weighted by molar-refractivity contribution is -0.395. The number of nitrogens with one attached hydrogen (secondary N) is 1. The summed E-state index contributed by atoms with van der Waals surface area (Å²) >= 11 is 0. The number of carbonyl (C=O) groups excluding carboxylic acids is 1. The molecular weight excluding hydrogens is 390 g/mol. The molecular formula is C20H23N5O5. The van der Waals surface area contributed by atoms with Crippen molar-refractivity contribution < 1.29 is 14.6 Å². The van der Waals surface area contributed by atoms with Crippen molar-refractivity contribution in [3.8, 4) is 0 Å². The van der Waals surface area contributed by atoms with Gasteiger partial charge in [0.15, 0.2) is 0 Å². The Morgan fingerprint density at radius 2 is 1.67 bits per heavy atom. The minimum atomic E-state index is -0.727. The molecule has 0 atom stereocenters. The predicted octanol–water partition coefficient (Wildman–Crippen LogP) is 3.52. The number of rotatable bonds is 6. The SMILES string of the molecule is Cc1c([N+](=O)[O-])cc(C(=O)NCc2ccnc(N3CCCCCC3)c2)cc1[N+](=O)[O-]. The highest BCUT2D eigenvalue weighted by Gasteiger charge is 2.25. The average Bonchev–Trinajstić information content (AvgIpc) is 3.01. The van der Waals surface area contributed by atoms with Crippen molar-refractivity contribution in [3.05, 3.63) is 67.4 Å². The van der Waals surface area contributed by atoms with Gasteiger partial charge in [-0.15, -0.1) is 0 Å².